The Kier molecular flexibility index (Phi) is 9.80. The molecular weight excluding hydrogens is 472 g/mol. The number of Topliss-reactive ketones (excluding diaryl/α,β-unsaturated/α-hetero) is 1. The van der Waals surface area contributed by atoms with Gasteiger partial charge in [0.2, 0.25) is 0 Å². The highest BCUT2D eigenvalue weighted by Crippen LogP contribution is 2.59. The summed E-state index contributed by atoms with van der Waals surface area (Å²) in [6.45, 7) is 11.0. The molecule has 0 radical (unpaired) electrons. The summed E-state index contributed by atoms with van der Waals surface area (Å²) < 4.78 is 0. The van der Waals surface area contributed by atoms with Gasteiger partial charge in [-0.15, -0.1) is 0 Å². The van der Waals surface area contributed by atoms with Gasteiger partial charge in [0.1, 0.15) is 5.78 Å². The molecule has 0 aromatic heterocycles. The van der Waals surface area contributed by atoms with E-state index in [0.29, 0.717) is 36.9 Å². The molecule has 4 fully saturated rings. The van der Waals surface area contributed by atoms with Crippen LogP contribution in [0.5, 0.6) is 0 Å². The number of ketones is 1. The molecule has 7 atom stereocenters. The molecule has 0 bridgehead atoms. The molecule has 4 saturated carbocycles. The molecule has 4 aliphatic rings. The van der Waals surface area contributed by atoms with Crippen LogP contribution in [0, 0.1) is 28.6 Å². The third-order valence-electron chi connectivity index (χ3n) is 11.1. The van der Waals surface area contributed by atoms with Crippen molar-refractivity contribution in [3.8, 4) is 0 Å². The van der Waals surface area contributed by atoms with Gasteiger partial charge in [-0.1, -0.05) is 57.9 Å². The maximum atomic E-state index is 13.0. The third kappa shape index (κ3) is 6.73. The maximum absolute atomic E-state index is 13.0. The number of allylic oxidation sites excluding steroid dienone is 3. The van der Waals surface area contributed by atoms with Gasteiger partial charge in [0.15, 0.2) is 0 Å². The molecule has 4 nitrogen and oxygen atoms in total. The number of hydrogen-bond donors (Lipinski definition) is 3. The molecule has 214 valence electrons. The molecule has 38 heavy (non-hydrogen) atoms. The Morgan fingerprint density at radius 3 is 2.58 bits per heavy atom. The lowest BCUT2D eigenvalue weighted by molar-refractivity contribution is -0.125. The van der Waals surface area contributed by atoms with E-state index in [1.165, 1.54) is 24.8 Å². The van der Waals surface area contributed by atoms with Crippen molar-refractivity contribution in [2.24, 2.45) is 28.6 Å². The van der Waals surface area contributed by atoms with Gasteiger partial charge < -0.3 is 15.3 Å². The second-order valence-electron chi connectivity index (χ2n) is 13.9. The van der Waals surface area contributed by atoms with Crippen LogP contribution in [0.4, 0.5) is 0 Å². The normalized spacial score (nSPS) is 36.3. The van der Waals surface area contributed by atoms with Crippen LogP contribution in [0.15, 0.2) is 35.5 Å². The average Bonchev–Trinajstić information content (AvgIpc) is 3.52. The predicted octanol–water partition coefficient (Wildman–Crippen LogP) is 7.22. The summed E-state index contributed by atoms with van der Waals surface area (Å²) in [6.07, 6.45) is 18.4. The molecule has 0 amide bonds. The Hall–Kier alpha value is -1.23. The van der Waals surface area contributed by atoms with Gasteiger partial charge in [-0.25, -0.2) is 0 Å². The Bertz CT molecular complexity index is 911. The highest BCUT2D eigenvalue weighted by atomic mass is 16.3. The van der Waals surface area contributed by atoms with Crippen molar-refractivity contribution < 1.29 is 20.1 Å². The van der Waals surface area contributed by atoms with Crippen LogP contribution in [-0.4, -0.2) is 39.4 Å². The van der Waals surface area contributed by atoms with E-state index < -0.39 is 12.2 Å². The van der Waals surface area contributed by atoms with Gasteiger partial charge in [0.25, 0.3) is 0 Å². The molecule has 0 aromatic carbocycles. The number of aliphatic hydroxyl groups excluding tert-OH is 3. The molecule has 7 unspecified atom stereocenters. The SMILES string of the molecule is C=C1/C(=C/C=C2/CCCC3(C)C(CC(O)CCC(C(=O)CCCCC)C4(C)CC4)CCC23)CC(O)CC1O. The van der Waals surface area contributed by atoms with E-state index in [4.69, 9.17) is 0 Å². The first-order valence-electron chi connectivity index (χ1n) is 15.7. The zero-order valence-electron chi connectivity index (χ0n) is 24.4. The first kappa shape index (κ1) is 29.7. The van der Waals surface area contributed by atoms with E-state index in [0.717, 1.165) is 75.4 Å². The minimum atomic E-state index is -0.647. The van der Waals surface area contributed by atoms with E-state index in [9.17, 15) is 20.1 Å². The summed E-state index contributed by atoms with van der Waals surface area (Å²) in [5.74, 6) is 1.62. The molecule has 3 N–H and O–H groups in total. The summed E-state index contributed by atoms with van der Waals surface area (Å²) >= 11 is 0. The third-order valence-corrected chi connectivity index (χ3v) is 11.1. The zero-order chi connectivity index (χ0) is 27.5. The van der Waals surface area contributed by atoms with Gasteiger partial charge in [-0.2, -0.15) is 0 Å². The van der Waals surface area contributed by atoms with Gasteiger partial charge in [-0.05, 0) is 111 Å². The Morgan fingerprint density at radius 2 is 1.87 bits per heavy atom. The predicted molar refractivity (Wildman–Crippen MR) is 155 cm³/mol. The van der Waals surface area contributed by atoms with Crippen molar-refractivity contribution >= 4 is 5.78 Å². The number of carbonyl (C=O) groups excluding carboxylic acids is 1. The Labute approximate surface area is 231 Å². The fourth-order valence-corrected chi connectivity index (χ4v) is 8.17. The zero-order valence-corrected chi connectivity index (χ0v) is 24.4. The molecule has 4 aliphatic carbocycles. The van der Waals surface area contributed by atoms with Crippen LogP contribution in [0.1, 0.15) is 124 Å². The fourth-order valence-electron chi connectivity index (χ4n) is 8.17. The van der Waals surface area contributed by atoms with Crippen molar-refractivity contribution in [2.45, 2.75) is 142 Å². The second kappa shape index (κ2) is 12.5. The van der Waals surface area contributed by atoms with E-state index in [1.54, 1.807) is 0 Å². The summed E-state index contributed by atoms with van der Waals surface area (Å²) in [5.41, 5.74) is 3.61. The first-order valence-corrected chi connectivity index (χ1v) is 15.7. The smallest absolute Gasteiger partial charge is 0.136 e. The largest absolute Gasteiger partial charge is 0.393 e. The van der Waals surface area contributed by atoms with E-state index in [1.807, 2.05) is 0 Å². The molecule has 4 rings (SSSR count). The van der Waals surface area contributed by atoms with Crippen LogP contribution < -0.4 is 0 Å². The molecule has 0 saturated heterocycles. The number of aliphatic hydroxyl groups is 3. The molecule has 0 aromatic rings. The molecule has 0 aliphatic heterocycles. The standard InChI is InChI=1S/C34H54O4/c1-5-6-7-10-31(37)30(33(3)18-19-33)16-14-27(35)21-26-13-15-29-24(9-8-17-34(26,29)4)11-12-25-20-28(36)22-32(38)23(25)2/h11-12,26-30,32,35-36,38H,2,5-10,13-22H2,1,3-4H3/b24-11-,25-12+. The van der Waals surface area contributed by atoms with Crippen molar-refractivity contribution in [2.75, 3.05) is 0 Å². The lowest BCUT2D eigenvalue weighted by Crippen LogP contribution is -2.35. The van der Waals surface area contributed by atoms with Crippen molar-refractivity contribution in [1.82, 2.24) is 0 Å². The van der Waals surface area contributed by atoms with Crippen LogP contribution in [-0.2, 0) is 4.79 Å². The van der Waals surface area contributed by atoms with Crippen LogP contribution in [0.25, 0.3) is 0 Å². The summed E-state index contributed by atoms with van der Waals surface area (Å²) in [5, 5.41) is 31.5. The van der Waals surface area contributed by atoms with Crippen LogP contribution in [0.2, 0.25) is 0 Å². The van der Waals surface area contributed by atoms with E-state index in [-0.39, 0.29) is 22.9 Å². The highest BCUT2D eigenvalue weighted by molar-refractivity contribution is 5.82. The lowest BCUT2D eigenvalue weighted by atomic mass is 9.62. The molecule has 0 spiro atoms. The second-order valence-corrected chi connectivity index (χ2v) is 13.9. The Balaban J connectivity index is 1.35. The van der Waals surface area contributed by atoms with E-state index in [2.05, 4.69) is 39.5 Å². The monoisotopic (exact) mass is 526 g/mol. The Morgan fingerprint density at radius 1 is 1.11 bits per heavy atom. The number of carbonyl (C=O) groups is 1. The van der Waals surface area contributed by atoms with E-state index >= 15 is 0 Å². The molecule has 0 heterocycles. The lowest BCUT2D eigenvalue weighted by Gasteiger charge is -2.43. The average molecular weight is 527 g/mol. The highest BCUT2D eigenvalue weighted by Gasteiger charge is 2.50. The number of rotatable bonds is 12. The molecule has 4 heteroatoms. The van der Waals surface area contributed by atoms with Gasteiger partial charge >= 0.3 is 0 Å². The maximum Gasteiger partial charge on any atom is 0.136 e. The quantitative estimate of drug-likeness (QED) is 0.235. The summed E-state index contributed by atoms with van der Waals surface area (Å²) in [6, 6.07) is 0. The van der Waals surface area contributed by atoms with Crippen molar-refractivity contribution in [3.05, 3.63) is 35.5 Å². The van der Waals surface area contributed by atoms with Gasteiger partial charge in [0.05, 0.1) is 18.3 Å². The topological polar surface area (TPSA) is 77.8 Å². The summed E-state index contributed by atoms with van der Waals surface area (Å²) in [4.78, 5) is 13.0. The number of fused-ring (bicyclic) bond motifs is 1. The number of hydrogen-bond acceptors (Lipinski definition) is 4. The minimum absolute atomic E-state index is 0.129. The van der Waals surface area contributed by atoms with Gasteiger partial charge in [0, 0.05) is 18.8 Å². The van der Waals surface area contributed by atoms with Crippen LogP contribution in [0.3, 0.4) is 0 Å². The first-order chi connectivity index (χ1) is 18.1. The fraction of sp³-hybridized carbons (Fsp3) is 0.794. The van der Waals surface area contributed by atoms with Gasteiger partial charge in [-0.3, -0.25) is 4.79 Å². The van der Waals surface area contributed by atoms with Crippen molar-refractivity contribution in [1.29, 1.82) is 0 Å². The van der Waals surface area contributed by atoms with Crippen molar-refractivity contribution in [3.63, 3.8) is 0 Å². The molecular formula is C34H54O4. The van der Waals surface area contributed by atoms with Crippen LogP contribution >= 0.6 is 0 Å². The summed E-state index contributed by atoms with van der Waals surface area (Å²) in [7, 11) is 0. The number of unbranched alkanes of at least 4 members (excludes halogenated alkanes) is 2. The minimum Gasteiger partial charge on any atom is -0.393 e.